The highest BCUT2D eigenvalue weighted by molar-refractivity contribution is 5.87. The predicted octanol–water partition coefficient (Wildman–Crippen LogP) is 7.15. The third-order valence-corrected chi connectivity index (χ3v) is 15.0. The van der Waals surface area contributed by atoms with Crippen LogP contribution in [0.5, 0.6) is 5.75 Å². The second-order valence-electron chi connectivity index (χ2n) is 17.2. The molecule has 0 spiro atoms. The van der Waals surface area contributed by atoms with Gasteiger partial charge in [-0.3, -0.25) is 4.79 Å². The summed E-state index contributed by atoms with van der Waals surface area (Å²) < 4.78 is 6.05. The summed E-state index contributed by atoms with van der Waals surface area (Å²) in [6, 6.07) is 6.56. The molecule has 5 aliphatic rings. The van der Waals surface area contributed by atoms with Gasteiger partial charge in [-0.15, -0.1) is 0 Å². The van der Waals surface area contributed by atoms with Crippen LogP contribution in [0.25, 0.3) is 6.08 Å². The number of aliphatic hydroxyl groups excluding tert-OH is 1. The van der Waals surface area contributed by atoms with Crippen molar-refractivity contribution in [2.75, 3.05) is 0 Å². The number of aliphatic hydroxyl groups is 2. The van der Waals surface area contributed by atoms with Gasteiger partial charge in [0.1, 0.15) is 11.9 Å². The fraction of sp³-hybridized carbons (Fsp3) is 0.692. The van der Waals surface area contributed by atoms with Crippen LogP contribution in [0.4, 0.5) is 0 Å². The lowest BCUT2D eigenvalue weighted by molar-refractivity contribution is -0.241. The van der Waals surface area contributed by atoms with Gasteiger partial charge in [0.25, 0.3) is 0 Å². The number of carbonyl (C=O) groups excluding carboxylic acids is 1. The molecule has 252 valence electrons. The van der Waals surface area contributed by atoms with Crippen LogP contribution in [0, 0.1) is 50.7 Å². The Balaban J connectivity index is 1.35. The number of carboxylic acid groups (broad SMARTS) is 1. The molecule has 0 heterocycles. The number of hydrogen-bond acceptors (Lipinski definition) is 6. The molecule has 11 unspecified atom stereocenters. The second kappa shape index (κ2) is 10.7. The highest BCUT2D eigenvalue weighted by atomic mass is 16.6. The molecule has 4 N–H and O–H groups in total. The Morgan fingerprint density at radius 3 is 2.26 bits per heavy atom. The molecule has 0 radical (unpaired) electrons. The maximum atomic E-state index is 13.1. The van der Waals surface area contributed by atoms with Gasteiger partial charge < -0.3 is 25.2 Å². The zero-order chi connectivity index (χ0) is 33.7. The smallest absolute Gasteiger partial charge is 0.331 e. The molecule has 4 fully saturated rings. The van der Waals surface area contributed by atoms with Crippen LogP contribution >= 0.6 is 0 Å². The van der Waals surface area contributed by atoms with Gasteiger partial charge in [0.15, 0.2) is 0 Å². The molecular weight excluding hydrogens is 580 g/mol. The zero-order valence-electron chi connectivity index (χ0n) is 28.7. The van der Waals surface area contributed by atoms with E-state index in [2.05, 4.69) is 47.6 Å². The lowest BCUT2D eigenvalue weighted by atomic mass is 9.33. The highest BCUT2D eigenvalue weighted by Crippen LogP contribution is 2.76. The monoisotopic (exact) mass is 634 g/mol. The predicted molar refractivity (Wildman–Crippen MR) is 176 cm³/mol. The van der Waals surface area contributed by atoms with E-state index in [4.69, 9.17) is 4.74 Å². The van der Waals surface area contributed by atoms with Crippen molar-refractivity contribution in [2.45, 2.75) is 118 Å². The Hall–Kier alpha value is -2.64. The number of ether oxygens (including phenoxy) is 1. The summed E-state index contributed by atoms with van der Waals surface area (Å²) in [5.74, 6) is -1.10. The van der Waals surface area contributed by atoms with Crippen molar-refractivity contribution in [1.29, 1.82) is 0 Å². The quantitative estimate of drug-likeness (QED) is 0.158. The van der Waals surface area contributed by atoms with Gasteiger partial charge in [-0.05, 0) is 121 Å². The van der Waals surface area contributed by atoms with Gasteiger partial charge in [-0.1, -0.05) is 65.3 Å². The van der Waals surface area contributed by atoms with Crippen LogP contribution in [-0.4, -0.2) is 50.2 Å². The Bertz CT molecular complexity index is 1460. The van der Waals surface area contributed by atoms with E-state index < -0.39 is 46.5 Å². The van der Waals surface area contributed by atoms with E-state index in [-0.39, 0.29) is 39.7 Å². The summed E-state index contributed by atoms with van der Waals surface area (Å²) in [7, 11) is 0. The standard InChI is InChI=1S/C39H54O7/c1-23-16-19-39(33(43)44)21-20-36(5)26(31(39)38(23,7)45)13-14-29-35(4)22-27(32(42)34(2,3)28(35)17-18-37(29,36)6)46-30(41)15-10-24-8-11-25(40)12-9-24/h8-13,15,23,27-29,31-32,40,42,45H,14,16-22H2,1-7H3,(H,43,44). The minimum atomic E-state index is -1.11. The number of carboxylic acids is 1. The van der Waals surface area contributed by atoms with Crippen LogP contribution < -0.4 is 0 Å². The molecule has 11 atom stereocenters. The topological polar surface area (TPSA) is 124 Å². The van der Waals surface area contributed by atoms with Crippen LogP contribution in [0.1, 0.15) is 105 Å². The van der Waals surface area contributed by atoms with Gasteiger partial charge in [-0.25, -0.2) is 4.79 Å². The van der Waals surface area contributed by atoms with E-state index in [1.54, 1.807) is 30.3 Å². The van der Waals surface area contributed by atoms with E-state index in [1.807, 2.05) is 6.92 Å². The summed E-state index contributed by atoms with van der Waals surface area (Å²) in [6.45, 7) is 15.2. The maximum absolute atomic E-state index is 13.1. The summed E-state index contributed by atoms with van der Waals surface area (Å²) in [5, 5.41) is 44.0. The number of allylic oxidation sites excluding steroid dienone is 1. The van der Waals surface area contributed by atoms with E-state index >= 15 is 0 Å². The van der Waals surface area contributed by atoms with Crippen molar-refractivity contribution >= 4 is 18.0 Å². The third-order valence-electron chi connectivity index (χ3n) is 15.0. The van der Waals surface area contributed by atoms with Crippen molar-refractivity contribution < 1.29 is 34.8 Å². The first-order valence-electron chi connectivity index (χ1n) is 17.4. The Morgan fingerprint density at radius 2 is 1.61 bits per heavy atom. The molecular formula is C39H54O7. The number of esters is 1. The van der Waals surface area contributed by atoms with Crippen molar-refractivity contribution in [3.05, 3.63) is 47.6 Å². The van der Waals surface area contributed by atoms with Crippen molar-refractivity contribution in [3.63, 3.8) is 0 Å². The number of phenolic OH excluding ortho intramolecular Hbond substituents is 1. The van der Waals surface area contributed by atoms with Crippen molar-refractivity contribution in [3.8, 4) is 5.75 Å². The largest absolute Gasteiger partial charge is 0.508 e. The molecule has 0 aromatic heterocycles. The van der Waals surface area contributed by atoms with Gasteiger partial charge in [-0.2, -0.15) is 0 Å². The molecule has 1 aromatic rings. The number of phenols is 1. The molecule has 46 heavy (non-hydrogen) atoms. The van der Waals surface area contributed by atoms with Crippen molar-refractivity contribution in [2.24, 2.45) is 50.7 Å². The van der Waals surface area contributed by atoms with E-state index in [0.29, 0.717) is 25.7 Å². The summed E-state index contributed by atoms with van der Waals surface area (Å²) >= 11 is 0. The minimum Gasteiger partial charge on any atom is -0.508 e. The maximum Gasteiger partial charge on any atom is 0.331 e. The molecule has 0 amide bonds. The molecule has 0 aliphatic heterocycles. The van der Waals surface area contributed by atoms with Gasteiger partial charge in [0.2, 0.25) is 0 Å². The number of carbonyl (C=O) groups is 2. The normalized spacial score (nSPS) is 46.2. The second-order valence-corrected chi connectivity index (χ2v) is 17.2. The highest BCUT2D eigenvalue weighted by Gasteiger charge is 2.72. The molecule has 7 nitrogen and oxygen atoms in total. The van der Waals surface area contributed by atoms with E-state index in [1.165, 1.54) is 6.08 Å². The summed E-state index contributed by atoms with van der Waals surface area (Å²) in [6.07, 6.45) is 9.73. The lowest BCUT2D eigenvalue weighted by Crippen LogP contribution is -2.69. The minimum absolute atomic E-state index is 0.00572. The first-order valence-corrected chi connectivity index (χ1v) is 17.4. The molecule has 7 heteroatoms. The van der Waals surface area contributed by atoms with E-state index in [0.717, 1.165) is 36.8 Å². The molecule has 5 aliphatic carbocycles. The van der Waals surface area contributed by atoms with Crippen LogP contribution in [0.15, 0.2) is 42.0 Å². The molecule has 4 saturated carbocycles. The number of rotatable bonds is 4. The molecule has 1 aromatic carbocycles. The Kier molecular flexibility index (Phi) is 7.73. The zero-order valence-corrected chi connectivity index (χ0v) is 28.7. The number of aromatic hydroxyl groups is 1. The number of fused-ring (bicyclic) bond motifs is 7. The average Bonchev–Trinajstić information content (AvgIpc) is 2.97. The van der Waals surface area contributed by atoms with Crippen LogP contribution in [0.2, 0.25) is 0 Å². The Labute approximate surface area is 274 Å². The summed E-state index contributed by atoms with van der Waals surface area (Å²) in [5.41, 5.74) is -1.32. The SMILES string of the molecule is CC1CCC2(C(=O)O)CCC3(C)C(=CCC4C5(C)CC(OC(=O)C=Cc6ccc(O)cc6)C(O)C(C)(C)C5CCC43C)C2C1(C)O. The van der Waals surface area contributed by atoms with Gasteiger partial charge >= 0.3 is 11.9 Å². The Morgan fingerprint density at radius 1 is 0.935 bits per heavy atom. The fourth-order valence-corrected chi connectivity index (χ4v) is 12.0. The van der Waals surface area contributed by atoms with Gasteiger partial charge in [0, 0.05) is 12.0 Å². The van der Waals surface area contributed by atoms with Crippen LogP contribution in [-0.2, 0) is 14.3 Å². The molecule has 0 bridgehead atoms. The number of aliphatic carboxylic acids is 1. The average molecular weight is 635 g/mol. The van der Waals surface area contributed by atoms with E-state index in [9.17, 15) is 30.0 Å². The first kappa shape index (κ1) is 33.3. The fourth-order valence-electron chi connectivity index (χ4n) is 12.0. The number of benzene rings is 1. The van der Waals surface area contributed by atoms with Gasteiger partial charge in [0.05, 0.1) is 17.1 Å². The lowest BCUT2D eigenvalue weighted by Gasteiger charge is -2.72. The third kappa shape index (κ3) is 4.50. The molecule has 6 rings (SSSR count). The molecule has 0 saturated heterocycles. The number of hydrogen-bond donors (Lipinski definition) is 4. The van der Waals surface area contributed by atoms with Crippen LogP contribution in [0.3, 0.4) is 0 Å². The van der Waals surface area contributed by atoms with Crippen molar-refractivity contribution in [1.82, 2.24) is 0 Å². The first-order chi connectivity index (χ1) is 21.3. The summed E-state index contributed by atoms with van der Waals surface area (Å²) in [4.78, 5) is 26.1.